The summed E-state index contributed by atoms with van der Waals surface area (Å²) in [6, 6.07) is 0. The maximum absolute atomic E-state index is 12.1. The first-order chi connectivity index (χ1) is 9.54. The normalized spacial score (nSPS) is 15.2. The van der Waals surface area contributed by atoms with Gasteiger partial charge in [0.2, 0.25) is 10.0 Å². The van der Waals surface area contributed by atoms with Gasteiger partial charge in [0, 0.05) is 32.4 Å². The van der Waals surface area contributed by atoms with Crippen molar-refractivity contribution in [1.29, 1.82) is 0 Å². The second-order valence-corrected chi connectivity index (χ2v) is 6.74. The third kappa shape index (κ3) is 2.61. The molecule has 0 amide bonds. The second kappa shape index (κ2) is 5.02. The number of aryl methyl sites for hydroxylation is 3. The molecule has 0 bridgehead atoms. The molecule has 2 aromatic heterocycles. The number of sulfonamides is 1. The highest BCUT2D eigenvalue weighted by molar-refractivity contribution is 7.89. The zero-order chi connectivity index (χ0) is 14.2. The minimum Gasteiger partial charge on any atom is -0.335 e. The largest absolute Gasteiger partial charge is 0.335 e. The Balaban J connectivity index is 1.71. The predicted octanol–water partition coefficient (Wildman–Crippen LogP) is 0.431. The van der Waals surface area contributed by atoms with Crippen molar-refractivity contribution in [3.8, 4) is 0 Å². The van der Waals surface area contributed by atoms with Gasteiger partial charge in [0.15, 0.2) is 0 Å². The first-order valence-electron chi connectivity index (χ1n) is 6.58. The number of imidazole rings is 1. The molecule has 1 aliphatic heterocycles. The van der Waals surface area contributed by atoms with Crippen molar-refractivity contribution >= 4 is 10.0 Å². The summed E-state index contributed by atoms with van der Waals surface area (Å²) in [6.45, 7) is 1.18. The molecule has 2 aromatic rings. The van der Waals surface area contributed by atoms with Crippen LogP contribution in [-0.2, 0) is 36.6 Å². The van der Waals surface area contributed by atoms with E-state index in [4.69, 9.17) is 0 Å². The van der Waals surface area contributed by atoms with Crippen LogP contribution >= 0.6 is 0 Å². The Kier molecular flexibility index (Phi) is 3.35. The molecule has 1 N–H and O–H groups in total. The molecular weight excluding hydrogens is 278 g/mol. The summed E-state index contributed by atoms with van der Waals surface area (Å²) < 4.78 is 30.3. The lowest BCUT2D eigenvalue weighted by Gasteiger charge is -2.11. The van der Waals surface area contributed by atoms with Crippen LogP contribution in [-0.4, -0.2) is 27.7 Å². The van der Waals surface area contributed by atoms with Crippen molar-refractivity contribution in [2.45, 2.75) is 37.2 Å². The van der Waals surface area contributed by atoms with Crippen LogP contribution in [0.4, 0.5) is 0 Å². The first kappa shape index (κ1) is 13.3. The molecule has 0 saturated carbocycles. The van der Waals surface area contributed by atoms with Crippen molar-refractivity contribution in [3.05, 3.63) is 30.1 Å². The number of nitrogens with one attached hydrogen (secondary N) is 1. The molecule has 108 valence electrons. The molecule has 0 unspecified atom stereocenters. The van der Waals surface area contributed by atoms with Crippen molar-refractivity contribution in [2.24, 2.45) is 7.05 Å². The van der Waals surface area contributed by atoms with Gasteiger partial charge >= 0.3 is 0 Å². The van der Waals surface area contributed by atoms with Gasteiger partial charge in [-0.25, -0.2) is 18.1 Å². The fourth-order valence-corrected chi connectivity index (χ4v) is 3.33. The summed E-state index contributed by atoms with van der Waals surface area (Å²) in [4.78, 5) is 4.64. The van der Waals surface area contributed by atoms with Gasteiger partial charge in [-0.3, -0.25) is 4.68 Å². The SMILES string of the molecule is Cn1cc(S(=O)(=O)NCc2cn3c(n2)CCCC3)cn1. The molecule has 3 rings (SSSR count). The van der Waals surface area contributed by atoms with Crippen LogP contribution in [0.25, 0.3) is 0 Å². The molecule has 20 heavy (non-hydrogen) atoms. The van der Waals surface area contributed by atoms with E-state index in [1.807, 2.05) is 6.20 Å². The van der Waals surface area contributed by atoms with Gasteiger partial charge in [0.25, 0.3) is 0 Å². The highest BCUT2D eigenvalue weighted by Crippen LogP contribution is 2.15. The number of hydrogen-bond acceptors (Lipinski definition) is 4. The fourth-order valence-electron chi connectivity index (χ4n) is 2.35. The molecule has 0 radical (unpaired) electrons. The van der Waals surface area contributed by atoms with Crippen molar-refractivity contribution < 1.29 is 8.42 Å². The predicted molar refractivity (Wildman–Crippen MR) is 72.4 cm³/mol. The number of nitrogens with zero attached hydrogens (tertiary/aromatic N) is 4. The molecule has 8 heteroatoms. The van der Waals surface area contributed by atoms with Crippen LogP contribution in [0.5, 0.6) is 0 Å². The Labute approximate surface area is 117 Å². The molecule has 0 atom stereocenters. The van der Waals surface area contributed by atoms with Gasteiger partial charge in [-0.1, -0.05) is 0 Å². The zero-order valence-corrected chi connectivity index (χ0v) is 12.1. The summed E-state index contributed by atoms with van der Waals surface area (Å²) in [5.41, 5.74) is 0.759. The highest BCUT2D eigenvalue weighted by Gasteiger charge is 2.17. The van der Waals surface area contributed by atoms with Crippen LogP contribution in [0.3, 0.4) is 0 Å². The van der Waals surface area contributed by atoms with E-state index < -0.39 is 10.0 Å². The highest BCUT2D eigenvalue weighted by atomic mass is 32.2. The van der Waals surface area contributed by atoms with E-state index in [1.165, 1.54) is 17.1 Å². The molecule has 0 fully saturated rings. The molecule has 3 heterocycles. The Morgan fingerprint density at radius 2 is 2.20 bits per heavy atom. The summed E-state index contributed by atoms with van der Waals surface area (Å²) >= 11 is 0. The molecule has 0 spiro atoms. The first-order valence-corrected chi connectivity index (χ1v) is 8.06. The van der Waals surface area contributed by atoms with Crippen molar-refractivity contribution in [2.75, 3.05) is 0 Å². The maximum Gasteiger partial charge on any atom is 0.244 e. The van der Waals surface area contributed by atoms with Gasteiger partial charge in [-0.15, -0.1) is 0 Å². The molecule has 0 aliphatic carbocycles. The quantitative estimate of drug-likeness (QED) is 0.887. The van der Waals surface area contributed by atoms with E-state index in [-0.39, 0.29) is 11.4 Å². The number of fused-ring (bicyclic) bond motifs is 1. The summed E-state index contributed by atoms with van der Waals surface area (Å²) in [6.07, 6.45) is 8.01. The van der Waals surface area contributed by atoms with Crippen LogP contribution in [0.15, 0.2) is 23.5 Å². The van der Waals surface area contributed by atoms with E-state index in [0.29, 0.717) is 0 Å². The summed E-state index contributed by atoms with van der Waals surface area (Å²) in [5.74, 6) is 1.05. The van der Waals surface area contributed by atoms with Gasteiger partial charge in [0.05, 0.1) is 18.4 Å². The Hall–Kier alpha value is -1.67. The van der Waals surface area contributed by atoms with E-state index in [0.717, 1.165) is 37.3 Å². The Morgan fingerprint density at radius 1 is 1.35 bits per heavy atom. The maximum atomic E-state index is 12.1. The average molecular weight is 295 g/mol. The number of aromatic nitrogens is 4. The lowest BCUT2D eigenvalue weighted by Crippen LogP contribution is -2.23. The van der Waals surface area contributed by atoms with Crippen molar-refractivity contribution in [3.63, 3.8) is 0 Å². The Morgan fingerprint density at radius 3 is 2.90 bits per heavy atom. The van der Waals surface area contributed by atoms with E-state index in [2.05, 4.69) is 19.4 Å². The smallest absolute Gasteiger partial charge is 0.244 e. The summed E-state index contributed by atoms with van der Waals surface area (Å²) in [7, 11) is -1.84. The minimum absolute atomic E-state index is 0.170. The van der Waals surface area contributed by atoms with Crippen LogP contribution in [0, 0.1) is 0 Å². The van der Waals surface area contributed by atoms with Crippen LogP contribution < -0.4 is 4.72 Å². The van der Waals surface area contributed by atoms with Gasteiger partial charge in [-0.05, 0) is 12.8 Å². The molecular formula is C12H17N5O2S. The van der Waals surface area contributed by atoms with Crippen molar-refractivity contribution in [1.82, 2.24) is 24.1 Å². The second-order valence-electron chi connectivity index (χ2n) is 4.97. The monoisotopic (exact) mass is 295 g/mol. The lowest BCUT2D eigenvalue weighted by atomic mass is 10.2. The average Bonchev–Trinajstić information content (AvgIpc) is 3.02. The molecule has 0 aromatic carbocycles. The molecule has 0 saturated heterocycles. The lowest BCUT2D eigenvalue weighted by molar-refractivity contribution is 0.522. The standard InChI is InChI=1S/C12H17N5O2S/c1-16-9-11(7-13-16)20(18,19)14-6-10-8-17-5-3-2-4-12(17)15-10/h7-9,14H,2-6H2,1H3. The van der Waals surface area contributed by atoms with Gasteiger partial charge in [-0.2, -0.15) is 5.10 Å². The van der Waals surface area contributed by atoms with E-state index in [1.54, 1.807) is 7.05 Å². The van der Waals surface area contributed by atoms with Crippen LogP contribution in [0.2, 0.25) is 0 Å². The third-order valence-electron chi connectivity index (χ3n) is 3.39. The molecule has 1 aliphatic rings. The zero-order valence-electron chi connectivity index (χ0n) is 11.3. The van der Waals surface area contributed by atoms with Gasteiger partial charge in [0.1, 0.15) is 10.7 Å². The van der Waals surface area contributed by atoms with Gasteiger partial charge < -0.3 is 4.57 Å². The summed E-state index contributed by atoms with van der Waals surface area (Å²) in [5, 5.41) is 3.87. The Bertz CT molecular complexity index is 693. The number of hydrogen-bond donors (Lipinski definition) is 1. The molecule has 7 nitrogen and oxygen atoms in total. The fraction of sp³-hybridized carbons (Fsp3) is 0.500. The van der Waals surface area contributed by atoms with E-state index >= 15 is 0 Å². The third-order valence-corrected chi connectivity index (χ3v) is 4.75. The minimum atomic E-state index is -3.52. The topological polar surface area (TPSA) is 81.8 Å². The van der Waals surface area contributed by atoms with Crippen LogP contribution in [0.1, 0.15) is 24.4 Å². The van der Waals surface area contributed by atoms with E-state index in [9.17, 15) is 8.42 Å². The number of rotatable bonds is 4.